The number of hydrogen-bond donors (Lipinski definition) is 0. The normalized spacial score (nSPS) is 20.7. The molecule has 0 N–H and O–H groups in total. The van der Waals surface area contributed by atoms with Gasteiger partial charge in [0, 0.05) is 14.9 Å². The number of allylic oxidation sites excluding steroid dienone is 2. The first-order chi connectivity index (χ1) is 5.75. The molecule has 1 aliphatic carbocycles. The first-order valence-corrected chi connectivity index (χ1v) is 5.47. The van der Waals surface area contributed by atoms with E-state index >= 15 is 0 Å². The first-order valence-electron chi connectivity index (χ1n) is 3.88. The Morgan fingerprint density at radius 2 is 1.67 bits per heavy atom. The molecule has 0 radical (unpaired) electrons. The van der Waals surface area contributed by atoms with Gasteiger partial charge >= 0.3 is 0 Å². The molecule has 1 aliphatic rings. The largest absolute Gasteiger partial charge is 0.0870 e. The second-order valence-electron chi connectivity index (χ2n) is 2.97. The fourth-order valence-corrected chi connectivity index (χ4v) is 2.64. The van der Waals surface area contributed by atoms with Crippen molar-refractivity contribution < 1.29 is 0 Å². The Balaban J connectivity index is 2.37. The molecule has 62 valence electrons. The minimum atomic E-state index is 0.638. The number of hydrogen-bond acceptors (Lipinski definition) is 0. The van der Waals surface area contributed by atoms with Crippen molar-refractivity contribution in [3.05, 3.63) is 44.9 Å². The summed E-state index contributed by atoms with van der Waals surface area (Å²) >= 11 is 6.96. The van der Waals surface area contributed by atoms with E-state index in [-0.39, 0.29) is 0 Å². The van der Waals surface area contributed by atoms with Crippen molar-refractivity contribution in [2.75, 3.05) is 0 Å². The molecule has 2 heteroatoms. The third kappa shape index (κ3) is 1.64. The minimum Gasteiger partial charge on any atom is -0.0870 e. The van der Waals surface area contributed by atoms with Gasteiger partial charge in [-0.05, 0) is 30.2 Å². The summed E-state index contributed by atoms with van der Waals surface area (Å²) in [7, 11) is 0. The van der Waals surface area contributed by atoms with Gasteiger partial charge in [0.25, 0.3) is 0 Å². The van der Waals surface area contributed by atoms with Gasteiger partial charge in [-0.1, -0.05) is 44.0 Å². The summed E-state index contributed by atoms with van der Waals surface area (Å²) < 4.78 is 2.29. The summed E-state index contributed by atoms with van der Waals surface area (Å²) in [5.41, 5.74) is 1.39. The van der Waals surface area contributed by atoms with E-state index in [1.165, 1.54) is 12.0 Å². The Hall–Kier alpha value is -0.0800. The van der Waals surface area contributed by atoms with Gasteiger partial charge in [-0.2, -0.15) is 0 Å². The summed E-state index contributed by atoms with van der Waals surface area (Å²) in [6.07, 6.45) is 5.64. The highest BCUT2D eigenvalue weighted by Gasteiger charge is 2.13. The lowest BCUT2D eigenvalue weighted by Gasteiger charge is -2.18. The smallest absolute Gasteiger partial charge is 0.0189 e. The Morgan fingerprint density at radius 3 is 2.08 bits per heavy atom. The topological polar surface area (TPSA) is 0 Å². The fourth-order valence-electron chi connectivity index (χ4n) is 1.31. The van der Waals surface area contributed by atoms with Crippen LogP contribution < -0.4 is 0 Å². The van der Waals surface area contributed by atoms with Crippen molar-refractivity contribution in [1.29, 1.82) is 0 Å². The predicted molar refractivity (Wildman–Crippen MR) is 58.3 cm³/mol. The zero-order valence-corrected chi connectivity index (χ0v) is 9.60. The Bertz CT molecular complexity index is 308. The molecule has 2 rings (SSSR count). The van der Waals surface area contributed by atoms with E-state index in [0.29, 0.717) is 5.92 Å². The van der Waals surface area contributed by atoms with Crippen LogP contribution in [0.15, 0.2) is 39.3 Å². The van der Waals surface area contributed by atoms with Crippen molar-refractivity contribution in [1.82, 2.24) is 0 Å². The molecule has 0 nitrogen and oxygen atoms in total. The lowest BCUT2D eigenvalue weighted by Crippen LogP contribution is -2.00. The van der Waals surface area contributed by atoms with E-state index in [0.717, 1.165) is 8.95 Å². The van der Waals surface area contributed by atoms with E-state index < -0.39 is 0 Å². The molecule has 0 saturated carbocycles. The van der Waals surface area contributed by atoms with Crippen molar-refractivity contribution in [2.24, 2.45) is 0 Å². The number of rotatable bonds is 1. The maximum Gasteiger partial charge on any atom is 0.0189 e. The van der Waals surface area contributed by atoms with E-state index in [4.69, 9.17) is 0 Å². The lowest BCUT2D eigenvalue weighted by atomic mass is 9.88. The summed E-state index contributed by atoms with van der Waals surface area (Å²) in [6.45, 7) is 0. The van der Waals surface area contributed by atoms with Gasteiger partial charge in [-0.15, -0.1) is 0 Å². The van der Waals surface area contributed by atoms with Gasteiger partial charge in [0.2, 0.25) is 0 Å². The van der Waals surface area contributed by atoms with Gasteiger partial charge in [-0.25, -0.2) is 0 Å². The van der Waals surface area contributed by atoms with Crippen molar-refractivity contribution in [3.63, 3.8) is 0 Å². The molecule has 0 heterocycles. The molecule has 0 bridgehead atoms. The van der Waals surface area contributed by atoms with Crippen LogP contribution in [0.4, 0.5) is 0 Å². The van der Waals surface area contributed by atoms with Crippen LogP contribution in [0, 0.1) is 0 Å². The molecule has 1 unspecified atom stereocenters. The highest BCUT2D eigenvalue weighted by molar-refractivity contribution is 9.11. The maximum atomic E-state index is 3.48. The van der Waals surface area contributed by atoms with Crippen molar-refractivity contribution >= 4 is 31.9 Å². The third-order valence-corrected chi connectivity index (χ3v) is 2.99. The van der Waals surface area contributed by atoms with E-state index in [1.807, 2.05) is 0 Å². The lowest BCUT2D eigenvalue weighted by molar-refractivity contribution is 0.792. The Morgan fingerprint density at radius 1 is 1.08 bits per heavy atom. The van der Waals surface area contributed by atoms with E-state index in [2.05, 4.69) is 62.2 Å². The van der Waals surface area contributed by atoms with Crippen LogP contribution in [0.2, 0.25) is 0 Å². The standard InChI is InChI=1S/C10H8Br2/c11-9-4-8(5-10(12)6-9)7-2-1-3-7/h1-2,4-7H,3H2. The van der Waals surface area contributed by atoms with Gasteiger partial charge in [0.1, 0.15) is 0 Å². The molecule has 12 heavy (non-hydrogen) atoms. The molecule has 0 amide bonds. The van der Waals surface area contributed by atoms with Crippen LogP contribution in [0.5, 0.6) is 0 Å². The third-order valence-electron chi connectivity index (χ3n) is 2.07. The molecule has 1 aromatic rings. The predicted octanol–water partition coefficient (Wildman–Crippen LogP) is 4.26. The zero-order chi connectivity index (χ0) is 8.55. The summed E-state index contributed by atoms with van der Waals surface area (Å²) in [6, 6.07) is 6.42. The second kappa shape index (κ2) is 3.35. The number of halogens is 2. The molecule has 0 fully saturated rings. The first kappa shape index (κ1) is 8.52. The zero-order valence-electron chi connectivity index (χ0n) is 6.43. The number of benzene rings is 1. The molecule has 0 spiro atoms. The molecular formula is C10H8Br2. The summed E-state index contributed by atoms with van der Waals surface area (Å²) in [5, 5.41) is 0. The molecule has 0 saturated heterocycles. The fraction of sp³-hybridized carbons (Fsp3) is 0.200. The van der Waals surface area contributed by atoms with Crippen LogP contribution in [0.25, 0.3) is 0 Å². The Labute approximate surface area is 88.9 Å². The average molecular weight is 288 g/mol. The van der Waals surface area contributed by atoms with Crippen LogP contribution in [0.1, 0.15) is 17.9 Å². The second-order valence-corrected chi connectivity index (χ2v) is 4.80. The monoisotopic (exact) mass is 286 g/mol. The van der Waals surface area contributed by atoms with Crippen LogP contribution in [-0.4, -0.2) is 0 Å². The highest BCUT2D eigenvalue weighted by Crippen LogP contribution is 2.32. The van der Waals surface area contributed by atoms with Crippen LogP contribution >= 0.6 is 31.9 Å². The molecule has 0 aliphatic heterocycles. The van der Waals surface area contributed by atoms with E-state index in [9.17, 15) is 0 Å². The molecule has 1 aromatic carbocycles. The minimum absolute atomic E-state index is 0.638. The summed E-state index contributed by atoms with van der Waals surface area (Å²) in [4.78, 5) is 0. The van der Waals surface area contributed by atoms with Gasteiger partial charge in [-0.3, -0.25) is 0 Å². The molecule has 1 atom stereocenters. The van der Waals surface area contributed by atoms with Crippen molar-refractivity contribution in [3.8, 4) is 0 Å². The average Bonchev–Trinajstić information content (AvgIpc) is 1.79. The van der Waals surface area contributed by atoms with Crippen LogP contribution in [0.3, 0.4) is 0 Å². The SMILES string of the molecule is Brc1cc(Br)cc(C2C=CC2)c1. The quantitative estimate of drug-likeness (QED) is 0.677. The van der Waals surface area contributed by atoms with Gasteiger partial charge < -0.3 is 0 Å². The van der Waals surface area contributed by atoms with Gasteiger partial charge in [0.15, 0.2) is 0 Å². The highest BCUT2D eigenvalue weighted by atomic mass is 79.9. The molecular weight excluding hydrogens is 280 g/mol. The molecule has 0 aromatic heterocycles. The van der Waals surface area contributed by atoms with Crippen LogP contribution in [-0.2, 0) is 0 Å². The summed E-state index contributed by atoms with van der Waals surface area (Å²) in [5.74, 6) is 0.638. The van der Waals surface area contributed by atoms with E-state index in [1.54, 1.807) is 0 Å². The Kier molecular flexibility index (Phi) is 2.37. The maximum absolute atomic E-state index is 3.48. The van der Waals surface area contributed by atoms with Crippen molar-refractivity contribution in [2.45, 2.75) is 12.3 Å². The van der Waals surface area contributed by atoms with Gasteiger partial charge in [0.05, 0.1) is 0 Å².